The maximum absolute atomic E-state index is 12.4. The zero-order valence-electron chi connectivity index (χ0n) is 13.5. The largest absolute Gasteiger partial charge is 0.505 e. The number of aromatic nitrogens is 1. The van der Waals surface area contributed by atoms with Crippen LogP contribution in [0.5, 0.6) is 5.75 Å². The first-order valence-corrected chi connectivity index (χ1v) is 7.39. The third-order valence-electron chi connectivity index (χ3n) is 3.92. The Balaban J connectivity index is 2.02. The minimum absolute atomic E-state index is 0.115. The predicted octanol–water partition coefficient (Wildman–Crippen LogP) is 1.51. The molecule has 1 aromatic heterocycles. The Bertz CT molecular complexity index is 580. The Morgan fingerprint density at radius 1 is 1.50 bits per heavy atom. The molecule has 1 atom stereocenters. The number of aromatic hydroxyl groups is 1. The van der Waals surface area contributed by atoms with Crippen molar-refractivity contribution in [2.45, 2.75) is 32.7 Å². The van der Waals surface area contributed by atoms with Gasteiger partial charge in [0.05, 0.1) is 11.8 Å². The van der Waals surface area contributed by atoms with Crippen LogP contribution in [-0.2, 0) is 4.79 Å². The number of rotatable bonds is 3. The molecule has 6 nitrogen and oxygen atoms in total. The fourth-order valence-electron chi connectivity index (χ4n) is 2.79. The Hall–Kier alpha value is -2.11. The Morgan fingerprint density at radius 2 is 2.18 bits per heavy atom. The zero-order valence-corrected chi connectivity index (χ0v) is 13.5. The molecule has 0 unspecified atom stereocenters. The molecule has 0 saturated carbocycles. The number of nitrogens with zero attached hydrogens (tertiary/aromatic N) is 3. The summed E-state index contributed by atoms with van der Waals surface area (Å²) < 4.78 is 0. The summed E-state index contributed by atoms with van der Waals surface area (Å²) >= 11 is 0. The van der Waals surface area contributed by atoms with Crippen LogP contribution in [-0.4, -0.2) is 57.4 Å². The lowest BCUT2D eigenvalue weighted by molar-refractivity contribution is -0.131. The Labute approximate surface area is 130 Å². The lowest BCUT2D eigenvalue weighted by Gasteiger charge is -2.32. The van der Waals surface area contributed by atoms with Crippen molar-refractivity contribution in [2.24, 2.45) is 5.92 Å². The molecule has 0 spiro atoms. The van der Waals surface area contributed by atoms with E-state index in [2.05, 4.69) is 4.98 Å². The van der Waals surface area contributed by atoms with Crippen LogP contribution in [0, 0.1) is 5.92 Å². The van der Waals surface area contributed by atoms with Gasteiger partial charge in [-0.05, 0) is 26.8 Å². The molecule has 2 heterocycles. The first-order valence-electron chi connectivity index (χ1n) is 7.39. The molecule has 1 aliphatic rings. The number of hydrogen-bond donors (Lipinski definition) is 1. The molecule has 1 fully saturated rings. The van der Waals surface area contributed by atoms with Crippen molar-refractivity contribution in [3.8, 4) is 5.75 Å². The smallest absolute Gasteiger partial charge is 0.257 e. The van der Waals surface area contributed by atoms with E-state index in [-0.39, 0.29) is 34.6 Å². The quantitative estimate of drug-likeness (QED) is 0.918. The van der Waals surface area contributed by atoms with Crippen molar-refractivity contribution in [1.29, 1.82) is 0 Å². The topological polar surface area (TPSA) is 73.7 Å². The summed E-state index contributed by atoms with van der Waals surface area (Å²) in [5.41, 5.74) is 0.0344. The Morgan fingerprint density at radius 3 is 2.73 bits per heavy atom. The van der Waals surface area contributed by atoms with Crippen molar-refractivity contribution >= 4 is 11.8 Å². The summed E-state index contributed by atoms with van der Waals surface area (Å²) in [5, 5.41) is 9.71. The summed E-state index contributed by atoms with van der Waals surface area (Å²) in [6.45, 7) is 7.17. The first kappa shape index (κ1) is 16.3. The first-order chi connectivity index (χ1) is 10.2. The van der Waals surface area contributed by atoms with Gasteiger partial charge in [-0.15, -0.1) is 0 Å². The predicted molar refractivity (Wildman–Crippen MR) is 82.4 cm³/mol. The number of amides is 2. The van der Waals surface area contributed by atoms with E-state index in [1.165, 1.54) is 18.5 Å². The van der Waals surface area contributed by atoms with Crippen LogP contribution >= 0.6 is 0 Å². The van der Waals surface area contributed by atoms with Crippen LogP contribution in [0.4, 0.5) is 0 Å². The highest BCUT2D eigenvalue weighted by Crippen LogP contribution is 2.26. The molecule has 0 bridgehead atoms. The average Bonchev–Trinajstić information content (AvgIpc) is 2.79. The number of carbonyl (C=O) groups excluding carboxylic acids is 2. The molecule has 0 aliphatic carbocycles. The second kappa shape index (κ2) is 5.94. The van der Waals surface area contributed by atoms with E-state index in [4.69, 9.17) is 0 Å². The molecule has 1 aromatic rings. The van der Waals surface area contributed by atoms with Gasteiger partial charge in [0, 0.05) is 44.2 Å². The number of hydrogen-bond acceptors (Lipinski definition) is 4. The zero-order chi connectivity index (χ0) is 16.5. The summed E-state index contributed by atoms with van der Waals surface area (Å²) in [5.74, 6) is -0.144. The highest BCUT2D eigenvalue weighted by Gasteiger charge is 2.37. The highest BCUT2D eigenvalue weighted by molar-refractivity contribution is 5.96. The molecule has 2 amide bonds. The van der Waals surface area contributed by atoms with Crippen LogP contribution in [0.1, 0.15) is 37.6 Å². The molecular formula is C16H23N3O3. The van der Waals surface area contributed by atoms with Gasteiger partial charge in [0.25, 0.3) is 5.91 Å². The Kier molecular flexibility index (Phi) is 4.39. The van der Waals surface area contributed by atoms with Gasteiger partial charge in [-0.1, -0.05) is 0 Å². The van der Waals surface area contributed by atoms with Crippen molar-refractivity contribution in [1.82, 2.24) is 14.8 Å². The van der Waals surface area contributed by atoms with Crippen molar-refractivity contribution in [2.75, 3.05) is 20.1 Å². The molecule has 0 aromatic carbocycles. The van der Waals surface area contributed by atoms with Crippen LogP contribution in [0.3, 0.4) is 0 Å². The SMILES string of the molecule is CN(C[C@@H]1CC(=O)N(C(C)(C)C)C1)C(=O)c1ccncc1O. The molecule has 6 heteroatoms. The van der Waals surface area contributed by atoms with Gasteiger partial charge in [-0.2, -0.15) is 0 Å². The van der Waals surface area contributed by atoms with Crippen LogP contribution in [0.2, 0.25) is 0 Å². The van der Waals surface area contributed by atoms with E-state index >= 15 is 0 Å². The van der Waals surface area contributed by atoms with E-state index in [0.717, 1.165) is 0 Å². The molecule has 2 rings (SSSR count). The lowest BCUT2D eigenvalue weighted by Crippen LogP contribution is -2.43. The fourth-order valence-corrected chi connectivity index (χ4v) is 2.79. The van der Waals surface area contributed by atoms with Crippen molar-refractivity contribution in [3.05, 3.63) is 24.0 Å². The van der Waals surface area contributed by atoms with Gasteiger partial charge in [0.15, 0.2) is 0 Å². The van der Waals surface area contributed by atoms with Gasteiger partial charge in [-0.25, -0.2) is 0 Å². The van der Waals surface area contributed by atoms with Gasteiger partial charge in [-0.3, -0.25) is 14.6 Å². The summed E-state index contributed by atoms with van der Waals surface area (Å²) in [6, 6.07) is 1.50. The third-order valence-corrected chi connectivity index (χ3v) is 3.92. The van der Waals surface area contributed by atoms with E-state index in [1.54, 1.807) is 11.9 Å². The summed E-state index contributed by atoms with van der Waals surface area (Å²) in [6.07, 6.45) is 3.18. The molecule has 1 aliphatic heterocycles. The maximum atomic E-state index is 12.4. The average molecular weight is 305 g/mol. The lowest BCUT2D eigenvalue weighted by atomic mass is 10.1. The van der Waals surface area contributed by atoms with Gasteiger partial charge < -0.3 is 14.9 Å². The second-order valence-electron chi connectivity index (χ2n) is 6.82. The highest BCUT2D eigenvalue weighted by atomic mass is 16.3. The van der Waals surface area contributed by atoms with E-state index in [1.807, 2.05) is 25.7 Å². The third kappa shape index (κ3) is 3.37. The van der Waals surface area contributed by atoms with Gasteiger partial charge in [0.1, 0.15) is 5.75 Å². The minimum atomic E-state index is -0.262. The van der Waals surface area contributed by atoms with E-state index < -0.39 is 0 Å². The fraction of sp³-hybridized carbons (Fsp3) is 0.562. The van der Waals surface area contributed by atoms with E-state index in [0.29, 0.717) is 19.5 Å². The maximum Gasteiger partial charge on any atom is 0.257 e. The molecule has 1 N–H and O–H groups in total. The number of likely N-dealkylation sites (tertiary alicyclic amines) is 1. The van der Waals surface area contributed by atoms with E-state index in [9.17, 15) is 14.7 Å². The standard InChI is InChI=1S/C16H23N3O3/c1-16(2,3)19-10-11(7-14(19)21)9-18(4)15(22)12-5-6-17-8-13(12)20/h5-6,8,11,20H,7,9-10H2,1-4H3/t11-/m0/s1. The molecule has 1 saturated heterocycles. The van der Waals surface area contributed by atoms with Gasteiger partial charge >= 0.3 is 0 Å². The normalized spacial score (nSPS) is 18.6. The second-order valence-corrected chi connectivity index (χ2v) is 6.82. The van der Waals surface area contributed by atoms with Crippen molar-refractivity contribution < 1.29 is 14.7 Å². The molecule has 0 radical (unpaired) electrons. The number of carbonyl (C=O) groups is 2. The number of pyridine rings is 1. The van der Waals surface area contributed by atoms with Gasteiger partial charge in [0.2, 0.25) is 5.91 Å². The van der Waals surface area contributed by atoms with Crippen LogP contribution < -0.4 is 0 Å². The minimum Gasteiger partial charge on any atom is -0.505 e. The monoisotopic (exact) mass is 305 g/mol. The molecule has 120 valence electrons. The molecule has 22 heavy (non-hydrogen) atoms. The van der Waals surface area contributed by atoms with Crippen LogP contribution in [0.15, 0.2) is 18.5 Å². The molecular weight excluding hydrogens is 282 g/mol. The van der Waals surface area contributed by atoms with Crippen LogP contribution in [0.25, 0.3) is 0 Å². The van der Waals surface area contributed by atoms with Crippen molar-refractivity contribution in [3.63, 3.8) is 0 Å². The summed E-state index contributed by atoms with van der Waals surface area (Å²) in [4.78, 5) is 31.6. The summed E-state index contributed by atoms with van der Waals surface area (Å²) in [7, 11) is 1.69.